The Bertz CT molecular complexity index is 1240. The third-order valence-electron chi connectivity index (χ3n) is 6.03. The molecule has 8 heteroatoms. The average Bonchev–Trinajstić information content (AvgIpc) is 3.48. The van der Waals surface area contributed by atoms with Crippen LogP contribution < -0.4 is 39.4 Å². The number of aliphatic hydroxyl groups is 1. The molecule has 1 aliphatic rings. The fourth-order valence-electron chi connectivity index (χ4n) is 4.48. The van der Waals surface area contributed by atoms with Gasteiger partial charge in [-0.15, -0.1) is 0 Å². The summed E-state index contributed by atoms with van der Waals surface area (Å²) in [6, 6.07) is 26.8. The zero-order valence-electron chi connectivity index (χ0n) is 20.0. The van der Waals surface area contributed by atoms with Crippen molar-refractivity contribution in [3.8, 4) is 28.3 Å². The number of aliphatic hydroxyl groups excluding tert-OH is 1. The number of carboxylic acids is 1. The first-order valence-electron chi connectivity index (χ1n) is 11.5. The molecule has 3 aromatic carbocycles. The van der Waals surface area contributed by atoms with Gasteiger partial charge in [-0.25, -0.2) is 4.98 Å². The maximum Gasteiger partial charge on any atom is 1.00 e. The van der Waals surface area contributed by atoms with E-state index in [0.717, 1.165) is 22.4 Å². The van der Waals surface area contributed by atoms with Crippen LogP contribution in [-0.2, 0) is 11.3 Å². The third-order valence-corrected chi connectivity index (χ3v) is 6.03. The van der Waals surface area contributed by atoms with Crippen molar-refractivity contribution >= 4 is 5.97 Å². The van der Waals surface area contributed by atoms with Crippen LogP contribution in [0.15, 0.2) is 89.3 Å². The quantitative estimate of drug-likeness (QED) is 0.357. The summed E-state index contributed by atoms with van der Waals surface area (Å²) < 4.78 is 11.6. The second-order valence-corrected chi connectivity index (χ2v) is 8.60. The molecule has 0 saturated carbocycles. The van der Waals surface area contributed by atoms with E-state index in [-0.39, 0.29) is 35.6 Å². The van der Waals surface area contributed by atoms with E-state index in [2.05, 4.69) is 4.90 Å². The molecule has 1 N–H and O–H groups in total. The van der Waals surface area contributed by atoms with Crippen molar-refractivity contribution in [1.82, 2.24) is 9.88 Å². The molecule has 1 fully saturated rings. The molecular weight excluding hydrogens is 467 g/mol. The van der Waals surface area contributed by atoms with Gasteiger partial charge in [-0.3, -0.25) is 4.90 Å². The maximum atomic E-state index is 10.7. The van der Waals surface area contributed by atoms with Crippen LogP contribution in [0.25, 0.3) is 22.6 Å². The van der Waals surface area contributed by atoms with Gasteiger partial charge in [0.2, 0.25) is 5.89 Å². The first-order valence-corrected chi connectivity index (χ1v) is 11.5. The van der Waals surface area contributed by atoms with E-state index in [1.807, 2.05) is 72.8 Å². The van der Waals surface area contributed by atoms with Crippen LogP contribution in [0.5, 0.6) is 5.75 Å². The van der Waals surface area contributed by atoms with Gasteiger partial charge in [0.15, 0.2) is 5.76 Å². The molecule has 1 aromatic heterocycles. The summed E-state index contributed by atoms with van der Waals surface area (Å²) in [6.07, 6.45) is -0.00566. The van der Waals surface area contributed by atoms with E-state index in [1.165, 1.54) is 0 Å². The van der Waals surface area contributed by atoms with Crippen LogP contribution in [0.2, 0.25) is 0 Å². The van der Waals surface area contributed by atoms with Gasteiger partial charge in [0.05, 0.1) is 18.1 Å². The molecule has 4 aromatic rings. The van der Waals surface area contributed by atoms with Crippen molar-refractivity contribution in [2.24, 2.45) is 0 Å². The Morgan fingerprint density at radius 2 is 1.72 bits per heavy atom. The summed E-state index contributed by atoms with van der Waals surface area (Å²) in [5, 5.41) is 21.2. The van der Waals surface area contributed by atoms with Gasteiger partial charge in [-0.2, -0.15) is 0 Å². The number of carboxylic acid groups (broad SMARTS) is 1. The summed E-state index contributed by atoms with van der Waals surface area (Å²) in [5.41, 5.74) is 3.60. The van der Waals surface area contributed by atoms with Crippen molar-refractivity contribution in [2.45, 2.75) is 25.1 Å². The second kappa shape index (κ2) is 11.9. The average molecular weight is 493 g/mol. The van der Waals surface area contributed by atoms with E-state index in [1.54, 1.807) is 12.1 Å². The summed E-state index contributed by atoms with van der Waals surface area (Å²) in [6.45, 7) is 0.488. The molecule has 0 amide bonds. The van der Waals surface area contributed by atoms with Crippen LogP contribution in [-0.4, -0.2) is 40.2 Å². The minimum absolute atomic E-state index is 0. The molecule has 36 heavy (non-hydrogen) atoms. The smallest absolute Gasteiger partial charge is 0.546 e. The largest absolute Gasteiger partial charge is 1.00 e. The van der Waals surface area contributed by atoms with Gasteiger partial charge in [-0.05, 0) is 24.1 Å². The number of nitrogens with zero attached hydrogens (tertiary/aromatic N) is 2. The van der Waals surface area contributed by atoms with Gasteiger partial charge in [0, 0.05) is 24.2 Å². The fraction of sp³-hybridized carbons (Fsp3) is 0.214. The Balaban J connectivity index is 0.00000304. The van der Waals surface area contributed by atoms with Gasteiger partial charge in [0.25, 0.3) is 0 Å². The number of likely N-dealkylation sites (tertiary alicyclic amines) is 1. The van der Waals surface area contributed by atoms with Crippen molar-refractivity contribution in [2.75, 3.05) is 13.2 Å². The normalized spacial score (nSPS) is 17.5. The number of carbonyl (C=O) groups is 1. The van der Waals surface area contributed by atoms with Gasteiger partial charge < -0.3 is 24.2 Å². The molecule has 0 bridgehead atoms. The van der Waals surface area contributed by atoms with Crippen LogP contribution >= 0.6 is 0 Å². The van der Waals surface area contributed by atoms with E-state index < -0.39 is 18.7 Å². The van der Waals surface area contributed by atoms with Gasteiger partial charge in [0.1, 0.15) is 18.1 Å². The van der Waals surface area contributed by atoms with Crippen LogP contribution in [0.1, 0.15) is 23.9 Å². The summed E-state index contributed by atoms with van der Waals surface area (Å²) in [7, 11) is 0. The first kappa shape index (κ1) is 26.1. The standard InChI is InChI=1S/C28H26N2O5.Na/c31-22-15-24(30(17-22)16-19-8-7-13-23(14-19)34-18-25(32)33)28-29-26(20-9-3-1-4-10-20)27(35-28)21-11-5-2-6-12-21;/h1-14,22,24,31H,15-18H2,(H,32,33);/q;+1/p-1/t22-,24+;/m0./s1. The maximum absolute atomic E-state index is 10.7. The van der Waals surface area contributed by atoms with E-state index in [9.17, 15) is 15.0 Å². The van der Waals surface area contributed by atoms with Crippen molar-refractivity contribution in [3.63, 3.8) is 0 Å². The minimum atomic E-state index is -1.27. The molecule has 2 heterocycles. The Morgan fingerprint density at radius 3 is 2.42 bits per heavy atom. The van der Waals surface area contributed by atoms with Crippen molar-refractivity contribution in [1.29, 1.82) is 0 Å². The SMILES string of the molecule is O=C([O-])COc1cccc(CN2C[C@@H](O)C[C@@H]2c2nc(-c3ccccc3)c(-c3ccccc3)o2)c1.[Na+]. The number of carbonyl (C=O) groups excluding carboxylic acids is 1. The van der Waals surface area contributed by atoms with Crippen molar-refractivity contribution < 1.29 is 53.7 Å². The summed E-state index contributed by atoms with van der Waals surface area (Å²) >= 11 is 0. The molecule has 5 rings (SSSR count). The molecule has 2 atom stereocenters. The minimum Gasteiger partial charge on any atom is -0.546 e. The van der Waals surface area contributed by atoms with Crippen LogP contribution in [0, 0.1) is 0 Å². The number of benzene rings is 3. The van der Waals surface area contributed by atoms with Gasteiger partial charge in [-0.1, -0.05) is 72.8 Å². The number of β-amino-alcohol motifs (C(OH)–C–C–N with tert-alkyl or cyclic N) is 1. The fourth-order valence-corrected chi connectivity index (χ4v) is 4.48. The van der Waals surface area contributed by atoms with E-state index in [0.29, 0.717) is 36.9 Å². The molecule has 1 saturated heterocycles. The van der Waals surface area contributed by atoms with E-state index >= 15 is 0 Å². The number of oxazole rings is 1. The molecule has 0 radical (unpaired) electrons. The Labute approximate surface area is 231 Å². The number of hydrogen-bond acceptors (Lipinski definition) is 7. The van der Waals surface area contributed by atoms with Gasteiger partial charge >= 0.3 is 29.6 Å². The Hall–Kier alpha value is -2.94. The topological polar surface area (TPSA) is 98.9 Å². The number of aliphatic carboxylic acids is 1. The first-order chi connectivity index (χ1) is 17.1. The number of hydrogen-bond donors (Lipinski definition) is 1. The molecule has 0 aliphatic carbocycles. The molecule has 0 spiro atoms. The molecule has 7 nitrogen and oxygen atoms in total. The monoisotopic (exact) mass is 492 g/mol. The number of aromatic nitrogens is 1. The van der Waals surface area contributed by atoms with Crippen molar-refractivity contribution in [3.05, 3.63) is 96.4 Å². The molecule has 0 unspecified atom stereocenters. The predicted octanol–water partition coefficient (Wildman–Crippen LogP) is 0.449. The van der Waals surface area contributed by atoms with Crippen LogP contribution in [0.4, 0.5) is 0 Å². The number of rotatable bonds is 8. The van der Waals surface area contributed by atoms with Crippen LogP contribution in [0.3, 0.4) is 0 Å². The third kappa shape index (κ3) is 6.06. The van der Waals surface area contributed by atoms with E-state index in [4.69, 9.17) is 14.1 Å². The molecular formula is C28H25N2NaO5. The molecule has 178 valence electrons. The summed E-state index contributed by atoms with van der Waals surface area (Å²) in [5.74, 6) is 0.441. The predicted molar refractivity (Wildman–Crippen MR) is 128 cm³/mol. The Kier molecular flexibility index (Phi) is 8.61. The molecule has 1 aliphatic heterocycles. The Morgan fingerprint density at radius 1 is 1.03 bits per heavy atom. The summed E-state index contributed by atoms with van der Waals surface area (Å²) in [4.78, 5) is 17.8. The zero-order chi connectivity index (χ0) is 24.2. The zero-order valence-corrected chi connectivity index (χ0v) is 22.0. The number of ether oxygens (including phenoxy) is 1. The second-order valence-electron chi connectivity index (χ2n) is 8.60.